The molecular weight excluding hydrogens is 452 g/mol. The lowest BCUT2D eigenvalue weighted by Gasteiger charge is -2.40. The molecule has 192 valence electrons. The number of hydrogen-bond acceptors (Lipinski definition) is 6. The number of nitriles is 1. The maximum absolute atomic E-state index is 13.6. The molecule has 0 atom stereocenters. The Morgan fingerprint density at radius 2 is 1.81 bits per heavy atom. The van der Waals surface area contributed by atoms with Gasteiger partial charge in [-0.15, -0.1) is 0 Å². The van der Waals surface area contributed by atoms with E-state index in [0.717, 1.165) is 49.3 Å². The Morgan fingerprint density at radius 1 is 1.06 bits per heavy atom. The highest BCUT2D eigenvalue weighted by molar-refractivity contribution is 6.08. The van der Waals surface area contributed by atoms with Gasteiger partial charge in [0.05, 0.1) is 18.7 Å². The van der Waals surface area contributed by atoms with Gasteiger partial charge in [0.25, 0.3) is 5.91 Å². The highest BCUT2D eigenvalue weighted by atomic mass is 16.5. The fourth-order valence-corrected chi connectivity index (χ4v) is 5.62. The van der Waals surface area contributed by atoms with Gasteiger partial charge >= 0.3 is 5.97 Å². The number of rotatable bonds is 9. The number of nitrogens with zero attached hydrogens (tertiary/aromatic N) is 4. The Morgan fingerprint density at radius 3 is 2.53 bits per heavy atom. The molecule has 2 aliphatic rings. The number of benzene rings is 2. The van der Waals surface area contributed by atoms with Crippen molar-refractivity contribution in [2.45, 2.75) is 51.0 Å². The van der Waals surface area contributed by atoms with E-state index in [1.807, 2.05) is 24.3 Å². The van der Waals surface area contributed by atoms with Crippen LogP contribution in [0.2, 0.25) is 0 Å². The lowest BCUT2D eigenvalue weighted by Crippen LogP contribution is -2.46. The van der Waals surface area contributed by atoms with Gasteiger partial charge in [-0.2, -0.15) is 5.26 Å². The zero-order valence-corrected chi connectivity index (χ0v) is 21.5. The van der Waals surface area contributed by atoms with Gasteiger partial charge in [-0.25, -0.2) is 0 Å². The van der Waals surface area contributed by atoms with Gasteiger partial charge < -0.3 is 19.4 Å². The van der Waals surface area contributed by atoms with Gasteiger partial charge in [0, 0.05) is 18.2 Å². The summed E-state index contributed by atoms with van der Waals surface area (Å²) in [7, 11) is 1.34. The summed E-state index contributed by atoms with van der Waals surface area (Å²) < 4.78 is 4.86. The fourth-order valence-electron chi connectivity index (χ4n) is 5.62. The highest BCUT2D eigenvalue weighted by Gasteiger charge is 2.26. The van der Waals surface area contributed by atoms with Crippen LogP contribution < -0.4 is 0 Å². The number of unbranched alkanes of at least 4 members (excludes halogenated alkanes) is 1. The maximum Gasteiger partial charge on any atom is 0.325 e. The molecule has 4 rings (SSSR count). The maximum atomic E-state index is 13.6. The lowest BCUT2D eigenvalue weighted by molar-refractivity contribution is -0.141. The Kier molecular flexibility index (Phi) is 9.32. The average Bonchev–Trinajstić information content (AvgIpc) is 2.94. The first-order valence-electron chi connectivity index (χ1n) is 13.3. The van der Waals surface area contributed by atoms with Crippen molar-refractivity contribution in [2.75, 3.05) is 52.9 Å². The van der Waals surface area contributed by atoms with Gasteiger partial charge in [-0.05, 0) is 94.2 Å². The van der Waals surface area contributed by atoms with Crippen LogP contribution in [0.1, 0.15) is 60.9 Å². The number of piperidine rings is 2. The molecule has 0 aliphatic carbocycles. The van der Waals surface area contributed by atoms with Crippen LogP contribution in [0, 0.1) is 11.3 Å². The summed E-state index contributed by atoms with van der Waals surface area (Å²) in [6, 6.07) is 13.8. The van der Waals surface area contributed by atoms with Crippen molar-refractivity contribution in [3.8, 4) is 6.07 Å². The van der Waals surface area contributed by atoms with Crippen molar-refractivity contribution < 1.29 is 14.3 Å². The molecule has 0 bridgehead atoms. The first-order valence-corrected chi connectivity index (χ1v) is 13.3. The topological polar surface area (TPSA) is 76.9 Å². The van der Waals surface area contributed by atoms with Crippen molar-refractivity contribution in [1.82, 2.24) is 14.7 Å². The number of fused-ring (bicyclic) bond motifs is 1. The molecule has 7 heteroatoms. The van der Waals surface area contributed by atoms with E-state index in [1.165, 1.54) is 52.3 Å². The number of ether oxygens (including phenoxy) is 1. The number of methoxy groups -OCH3 is 1. The predicted octanol–water partition coefficient (Wildman–Crippen LogP) is 4.06. The van der Waals surface area contributed by atoms with E-state index in [-0.39, 0.29) is 12.5 Å². The largest absolute Gasteiger partial charge is 0.468 e. The van der Waals surface area contributed by atoms with Gasteiger partial charge in [0.1, 0.15) is 6.54 Å². The van der Waals surface area contributed by atoms with Crippen LogP contribution in [-0.4, -0.2) is 85.5 Å². The van der Waals surface area contributed by atoms with E-state index in [0.29, 0.717) is 17.7 Å². The third-order valence-electron chi connectivity index (χ3n) is 7.67. The smallest absolute Gasteiger partial charge is 0.325 e. The minimum Gasteiger partial charge on any atom is -0.468 e. The molecule has 0 spiro atoms. The standard InChI is InChI=1S/C29H38N4O3/c1-36-28(34)22-33(29(35)27-20-23(21-30)19-24-9-3-4-10-26(24)27)16-8-7-13-31-17-11-25(12-18-31)32-14-5-2-6-15-32/h3-4,9-10,19-20,25H,2,5-8,11-18,22H2,1H3. The molecule has 36 heavy (non-hydrogen) atoms. The van der Waals surface area contributed by atoms with Crippen LogP contribution in [0.15, 0.2) is 36.4 Å². The van der Waals surface area contributed by atoms with Crippen LogP contribution in [-0.2, 0) is 9.53 Å². The summed E-state index contributed by atoms with van der Waals surface area (Å²) in [4.78, 5) is 32.5. The Balaban J connectivity index is 1.33. The monoisotopic (exact) mass is 490 g/mol. The van der Waals surface area contributed by atoms with Crippen LogP contribution >= 0.6 is 0 Å². The molecule has 0 N–H and O–H groups in total. The molecular formula is C29H38N4O3. The third kappa shape index (κ3) is 6.63. The van der Waals surface area contributed by atoms with E-state index in [1.54, 1.807) is 17.0 Å². The molecule has 2 fully saturated rings. The Bertz CT molecular complexity index is 1080. The second kappa shape index (κ2) is 12.8. The molecule has 2 saturated heterocycles. The molecule has 2 heterocycles. The lowest BCUT2D eigenvalue weighted by atomic mass is 9.99. The van der Waals surface area contributed by atoms with E-state index in [2.05, 4.69) is 15.9 Å². The molecule has 0 unspecified atom stereocenters. The number of carbonyl (C=O) groups is 2. The van der Waals surface area contributed by atoms with Crippen LogP contribution in [0.4, 0.5) is 0 Å². The van der Waals surface area contributed by atoms with Crippen molar-refractivity contribution in [1.29, 1.82) is 5.26 Å². The number of amides is 1. The normalized spacial score (nSPS) is 17.6. The zero-order valence-electron chi connectivity index (χ0n) is 21.5. The molecule has 1 amide bonds. The second-order valence-corrected chi connectivity index (χ2v) is 10.0. The molecule has 0 radical (unpaired) electrons. The average molecular weight is 491 g/mol. The highest BCUT2D eigenvalue weighted by Crippen LogP contribution is 2.24. The Labute approximate surface area is 214 Å². The van der Waals surface area contributed by atoms with Crippen molar-refractivity contribution >= 4 is 22.6 Å². The van der Waals surface area contributed by atoms with Crippen molar-refractivity contribution in [3.05, 3.63) is 47.5 Å². The van der Waals surface area contributed by atoms with E-state index >= 15 is 0 Å². The fraction of sp³-hybridized carbons (Fsp3) is 0.552. The number of carbonyl (C=O) groups excluding carboxylic acids is 2. The van der Waals surface area contributed by atoms with Crippen LogP contribution in [0.3, 0.4) is 0 Å². The predicted molar refractivity (Wildman–Crippen MR) is 141 cm³/mol. The van der Waals surface area contributed by atoms with Gasteiger partial charge in [0.15, 0.2) is 0 Å². The Hall–Kier alpha value is -2.95. The summed E-state index contributed by atoms with van der Waals surface area (Å²) in [5.74, 6) is -0.681. The minimum absolute atomic E-state index is 0.0956. The van der Waals surface area contributed by atoms with Crippen LogP contribution in [0.5, 0.6) is 0 Å². The number of likely N-dealkylation sites (tertiary alicyclic amines) is 2. The molecule has 2 aromatic rings. The molecule has 0 saturated carbocycles. The molecule has 0 aromatic heterocycles. The molecule has 2 aliphatic heterocycles. The number of esters is 1. The summed E-state index contributed by atoms with van der Waals surface area (Å²) in [5.41, 5.74) is 0.886. The quantitative estimate of drug-likeness (QED) is 0.390. The van der Waals surface area contributed by atoms with Gasteiger partial charge in [0.2, 0.25) is 0 Å². The van der Waals surface area contributed by atoms with Gasteiger partial charge in [-0.3, -0.25) is 9.59 Å². The SMILES string of the molecule is COC(=O)CN(CCCCN1CCC(N2CCCCC2)CC1)C(=O)c1cc(C#N)cc2ccccc12. The summed E-state index contributed by atoms with van der Waals surface area (Å²) in [6.07, 6.45) is 8.34. The number of hydrogen-bond donors (Lipinski definition) is 0. The first kappa shape index (κ1) is 26.1. The van der Waals surface area contributed by atoms with Gasteiger partial charge in [-0.1, -0.05) is 30.7 Å². The summed E-state index contributed by atoms with van der Waals surface area (Å²) in [5, 5.41) is 11.1. The molecule has 2 aromatic carbocycles. The minimum atomic E-state index is -0.441. The third-order valence-corrected chi connectivity index (χ3v) is 7.67. The summed E-state index contributed by atoms with van der Waals surface area (Å²) in [6.45, 7) is 6.20. The van der Waals surface area contributed by atoms with E-state index in [4.69, 9.17) is 4.74 Å². The second-order valence-electron chi connectivity index (χ2n) is 10.0. The van der Waals surface area contributed by atoms with E-state index < -0.39 is 5.97 Å². The van der Waals surface area contributed by atoms with Crippen LogP contribution in [0.25, 0.3) is 10.8 Å². The zero-order chi connectivity index (χ0) is 25.3. The van der Waals surface area contributed by atoms with Crippen molar-refractivity contribution in [2.24, 2.45) is 0 Å². The summed E-state index contributed by atoms with van der Waals surface area (Å²) >= 11 is 0. The first-order chi connectivity index (χ1) is 17.6. The molecule has 7 nitrogen and oxygen atoms in total. The van der Waals surface area contributed by atoms with E-state index in [9.17, 15) is 14.9 Å². The van der Waals surface area contributed by atoms with Crippen molar-refractivity contribution in [3.63, 3.8) is 0 Å².